The number of likely N-dealkylation sites (N-methyl/N-ethyl adjacent to an activating group) is 1. The van der Waals surface area contributed by atoms with Crippen molar-refractivity contribution in [2.24, 2.45) is 10.7 Å². The van der Waals surface area contributed by atoms with Crippen LogP contribution in [-0.4, -0.2) is 41.6 Å². The van der Waals surface area contributed by atoms with E-state index in [-0.39, 0.29) is 12.5 Å². The van der Waals surface area contributed by atoms with Crippen molar-refractivity contribution in [3.8, 4) is 11.5 Å². The lowest BCUT2D eigenvalue weighted by molar-refractivity contribution is -0.122. The van der Waals surface area contributed by atoms with Crippen molar-refractivity contribution < 1.29 is 19.1 Å². The van der Waals surface area contributed by atoms with Gasteiger partial charge in [0.2, 0.25) is 0 Å². The third-order valence-electron chi connectivity index (χ3n) is 4.73. The SMILES string of the molecule is CCOc1cc(/C=C2/SC(=Nc3ccccc3CC)N(CC)C2=O)ccc1OCC(N)=O. The predicted molar refractivity (Wildman–Crippen MR) is 128 cm³/mol. The highest BCUT2D eigenvalue weighted by Gasteiger charge is 2.32. The highest BCUT2D eigenvalue weighted by molar-refractivity contribution is 8.18. The number of rotatable bonds is 9. The van der Waals surface area contributed by atoms with Crippen LogP contribution in [0.15, 0.2) is 52.4 Å². The van der Waals surface area contributed by atoms with Crippen molar-refractivity contribution in [3.63, 3.8) is 0 Å². The number of aryl methyl sites for hydroxylation is 1. The van der Waals surface area contributed by atoms with E-state index in [2.05, 4.69) is 6.92 Å². The van der Waals surface area contributed by atoms with Crippen molar-refractivity contribution in [2.75, 3.05) is 19.8 Å². The molecule has 2 N–H and O–H groups in total. The van der Waals surface area contributed by atoms with Gasteiger partial charge in [0.15, 0.2) is 23.3 Å². The van der Waals surface area contributed by atoms with Gasteiger partial charge in [-0.1, -0.05) is 31.2 Å². The average Bonchev–Trinajstić information content (AvgIpc) is 3.07. The number of nitrogens with two attached hydrogens (primary N) is 1. The Kier molecular flexibility index (Phi) is 7.94. The van der Waals surface area contributed by atoms with Gasteiger partial charge in [0.25, 0.3) is 11.8 Å². The molecule has 0 radical (unpaired) electrons. The molecule has 1 fully saturated rings. The van der Waals surface area contributed by atoms with Crippen LogP contribution in [0.2, 0.25) is 0 Å². The van der Waals surface area contributed by atoms with Gasteiger partial charge in [-0.25, -0.2) is 4.99 Å². The fraction of sp³-hybridized carbons (Fsp3) is 0.292. The first-order valence-corrected chi connectivity index (χ1v) is 11.3. The van der Waals surface area contributed by atoms with E-state index >= 15 is 0 Å². The topological polar surface area (TPSA) is 94.2 Å². The molecule has 1 aliphatic rings. The van der Waals surface area contributed by atoms with E-state index in [9.17, 15) is 9.59 Å². The van der Waals surface area contributed by atoms with Crippen LogP contribution in [0.5, 0.6) is 11.5 Å². The number of para-hydroxylation sites is 1. The molecule has 2 aromatic carbocycles. The second-order valence-electron chi connectivity index (χ2n) is 6.93. The van der Waals surface area contributed by atoms with Crippen LogP contribution in [0, 0.1) is 0 Å². The van der Waals surface area contributed by atoms with Gasteiger partial charge in [0.1, 0.15) is 0 Å². The number of amidine groups is 1. The van der Waals surface area contributed by atoms with Crippen LogP contribution in [0.3, 0.4) is 0 Å². The Morgan fingerprint density at radius 1 is 1.12 bits per heavy atom. The molecule has 2 amide bonds. The maximum absolute atomic E-state index is 13.0. The van der Waals surface area contributed by atoms with Gasteiger partial charge in [-0.05, 0) is 67.4 Å². The fourth-order valence-electron chi connectivity index (χ4n) is 3.19. The Balaban J connectivity index is 1.91. The van der Waals surface area contributed by atoms with Gasteiger partial charge in [0, 0.05) is 6.54 Å². The van der Waals surface area contributed by atoms with E-state index in [0.717, 1.165) is 23.2 Å². The number of aliphatic imine (C=N–C) groups is 1. The Bertz CT molecular complexity index is 1060. The number of primary amides is 1. The second-order valence-corrected chi connectivity index (χ2v) is 7.94. The quantitative estimate of drug-likeness (QED) is 0.576. The number of ether oxygens (including phenoxy) is 2. The first-order chi connectivity index (χ1) is 15.5. The Labute approximate surface area is 192 Å². The number of hydrogen-bond acceptors (Lipinski definition) is 6. The zero-order valence-corrected chi connectivity index (χ0v) is 19.3. The fourth-order valence-corrected chi connectivity index (χ4v) is 4.25. The molecule has 7 nitrogen and oxygen atoms in total. The summed E-state index contributed by atoms with van der Waals surface area (Å²) in [6.45, 7) is 6.59. The highest BCUT2D eigenvalue weighted by atomic mass is 32.2. The Morgan fingerprint density at radius 3 is 2.59 bits per heavy atom. The zero-order valence-electron chi connectivity index (χ0n) is 18.5. The third kappa shape index (κ3) is 5.50. The summed E-state index contributed by atoms with van der Waals surface area (Å²) in [5.74, 6) is 0.253. The molecule has 0 saturated carbocycles. The lowest BCUT2D eigenvalue weighted by Gasteiger charge is -2.13. The summed E-state index contributed by atoms with van der Waals surface area (Å²) in [7, 11) is 0. The minimum Gasteiger partial charge on any atom is -0.490 e. The van der Waals surface area contributed by atoms with Crippen molar-refractivity contribution >= 4 is 40.5 Å². The first kappa shape index (κ1) is 23.4. The summed E-state index contributed by atoms with van der Waals surface area (Å²) in [6, 6.07) is 13.2. The molecule has 0 aliphatic carbocycles. The number of benzene rings is 2. The smallest absolute Gasteiger partial charge is 0.266 e. The monoisotopic (exact) mass is 453 g/mol. The summed E-state index contributed by atoms with van der Waals surface area (Å²) < 4.78 is 11.1. The first-order valence-electron chi connectivity index (χ1n) is 10.5. The maximum Gasteiger partial charge on any atom is 0.266 e. The molecule has 0 aromatic heterocycles. The van der Waals surface area contributed by atoms with Gasteiger partial charge in [-0.3, -0.25) is 14.5 Å². The average molecular weight is 454 g/mol. The molecule has 0 spiro atoms. The number of nitrogens with zero attached hydrogens (tertiary/aromatic N) is 2. The molecular formula is C24H27N3O4S. The summed E-state index contributed by atoms with van der Waals surface area (Å²) >= 11 is 1.35. The summed E-state index contributed by atoms with van der Waals surface area (Å²) in [5.41, 5.74) is 7.95. The van der Waals surface area contributed by atoms with Crippen LogP contribution in [0.4, 0.5) is 5.69 Å². The number of carbonyl (C=O) groups is 2. The van der Waals surface area contributed by atoms with Crippen molar-refractivity contribution in [1.82, 2.24) is 4.90 Å². The number of amides is 2. The Morgan fingerprint density at radius 2 is 1.91 bits per heavy atom. The number of carbonyl (C=O) groups excluding carboxylic acids is 2. The standard InChI is InChI=1S/C24H27N3O4S/c1-4-17-9-7-8-10-18(17)26-24-27(5-2)23(29)21(32-24)14-16-11-12-19(31-15-22(25)28)20(13-16)30-6-3/h7-14H,4-6,15H2,1-3H3,(H2,25,28)/b21-14+,26-24?. The summed E-state index contributed by atoms with van der Waals surface area (Å²) in [6.07, 6.45) is 2.68. The minimum absolute atomic E-state index is 0.0859. The predicted octanol–water partition coefficient (Wildman–Crippen LogP) is 4.14. The van der Waals surface area contributed by atoms with Crippen LogP contribution >= 0.6 is 11.8 Å². The molecule has 3 rings (SSSR count). The zero-order chi connectivity index (χ0) is 23.1. The third-order valence-corrected chi connectivity index (χ3v) is 5.73. The van der Waals surface area contributed by atoms with E-state index in [1.54, 1.807) is 23.1 Å². The molecular weight excluding hydrogens is 426 g/mol. The molecule has 2 aromatic rings. The molecule has 32 heavy (non-hydrogen) atoms. The van der Waals surface area contributed by atoms with Gasteiger partial charge < -0.3 is 15.2 Å². The molecule has 0 unspecified atom stereocenters. The van der Waals surface area contributed by atoms with Gasteiger partial charge in [-0.15, -0.1) is 0 Å². The normalized spacial score (nSPS) is 16.1. The Hall–Kier alpha value is -3.26. The van der Waals surface area contributed by atoms with Crippen LogP contribution in [0.25, 0.3) is 6.08 Å². The van der Waals surface area contributed by atoms with Crippen LogP contribution in [0.1, 0.15) is 31.9 Å². The van der Waals surface area contributed by atoms with E-state index < -0.39 is 5.91 Å². The van der Waals surface area contributed by atoms with E-state index in [0.29, 0.717) is 34.7 Å². The van der Waals surface area contributed by atoms with Crippen molar-refractivity contribution in [3.05, 3.63) is 58.5 Å². The molecule has 168 valence electrons. The van der Waals surface area contributed by atoms with Crippen LogP contribution in [-0.2, 0) is 16.0 Å². The van der Waals surface area contributed by atoms with Gasteiger partial charge >= 0.3 is 0 Å². The second kappa shape index (κ2) is 10.9. The molecule has 1 heterocycles. The van der Waals surface area contributed by atoms with E-state index in [4.69, 9.17) is 20.2 Å². The molecule has 8 heteroatoms. The largest absolute Gasteiger partial charge is 0.490 e. The van der Waals surface area contributed by atoms with Gasteiger partial charge in [-0.2, -0.15) is 0 Å². The summed E-state index contributed by atoms with van der Waals surface area (Å²) in [5, 5.41) is 0.663. The minimum atomic E-state index is -0.567. The number of thioether (sulfide) groups is 1. The lowest BCUT2D eigenvalue weighted by Crippen LogP contribution is -2.28. The number of hydrogen-bond donors (Lipinski definition) is 1. The maximum atomic E-state index is 13.0. The van der Waals surface area contributed by atoms with E-state index in [1.165, 1.54) is 11.8 Å². The lowest BCUT2D eigenvalue weighted by atomic mass is 10.1. The van der Waals surface area contributed by atoms with E-state index in [1.807, 2.05) is 44.2 Å². The molecule has 0 bridgehead atoms. The molecule has 1 aliphatic heterocycles. The van der Waals surface area contributed by atoms with Crippen molar-refractivity contribution in [2.45, 2.75) is 27.2 Å². The van der Waals surface area contributed by atoms with Gasteiger partial charge in [0.05, 0.1) is 17.2 Å². The molecule has 0 atom stereocenters. The summed E-state index contributed by atoms with van der Waals surface area (Å²) in [4.78, 5) is 31.1. The highest BCUT2D eigenvalue weighted by Crippen LogP contribution is 2.36. The molecule has 1 saturated heterocycles. The van der Waals surface area contributed by atoms with Crippen molar-refractivity contribution in [1.29, 1.82) is 0 Å². The van der Waals surface area contributed by atoms with Crippen LogP contribution < -0.4 is 15.2 Å².